The highest BCUT2D eigenvalue weighted by Gasteiger charge is 2.47. The quantitative estimate of drug-likeness (QED) is 0.373. The van der Waals surface area contributed by atoms with Crippen molar-refractivity contribution < 1.29 is 34.1 Å². The van der Waals surface area contributed by atoms with Crippen molar-refractivity contribution in [1.82, 2.24) is 19.9 Å². The fourth-order valence-corrected chi connectivity index (χ4v) is 5.28. The topological polar surface area (TPSA) is 135 Å². The van der Waals surface area contributed by atoms with E-state index in [1.165, 1.54) is 5.06 Å². The third kappa shape index (κ3) is 6.23. The Morgan fingerprint density at radius 2 is 1.97 bits per heavy atom. The number of carboxylic acid groups (broad SMARTS) is 1. The summed E-state index contributed by atoms with van der Waals surface area (Å²) < 4.78 is 11.1. The second-order valence-corrected chi connectivity index (χ2v) is 9.57. The molecule has 11 heteroatoms. The lowest BCUT2D eigenvalue weighted by Gasteiger charge is -2.29. The first-order chi connectivity index (χ1) is 18.5. The number of hydrogen-bond donors (Lipinski definition) is 2. The summed E-state index contributed by atoms with van der Waals surface area (Å²) in [6.45, 7) is 5.01. The first-order valence-corrected chi connectivity index (χ1v) is 13.2. The fraction of sp³-hybridized carbons (Fsp3) is 0.556. The maximum atomic E-state index is 13.3. The molecule has 1 amide bonds. The van der Waals surface area contributed by atoms with Gasteiger partial charge < -0.3 is 19.7 Å². The third-order valence-electron chi connectivity index (χ3n) is 6.98. The molecule has 3 atom stereocenters. The molecule has 0 radical (unpaired) electrons. The van der Waals surface area contributed by atoms with Gasteiger partial charge in [0, 0.05) is 49.4 Å². The smallest absolute Gasteiger partial charge is 0.308 e. The molecule has 0 spiro atoms. The number of aromatic nitrogens is 2. The van der Waals surface area contributed by atoms with Gasteiger partial charge in [-0.3, -0.25) is 19.3 Å². The molecule has 1 aromatic carbocycles. The largest absolute Gasteiger partial charge is 0.481 e. The minimum Gasteiger partial charge on any atom is -0.481 e. The second-order valence-electron chi connectivity index (χ2n) is 9.57. The van der Waals surface area contributed by atoms with E-state index in [1.807, 2.05) is 18.7 Å². The number of hydrogen-bond acceptors (Lipinski definition) is 9. The molecule has 206 valence electrons. The number of likely N-dealkylation sites (tertiary alicyclic amines) is 1. The van der Waals surface area contributed by atoms with Crippen LogP contribution in [0.25, 0.3) is 0 Å². The predicted molar refractivity (Wildman–Crippen MR) is 136 cm³/mol. The first-order valence-electron chi connectivity index (χ1n) is 13.2. The van der Waals surface area contributed by atoms with Crippen LogP contribution in [-0.2, 0) is 27.5 Å². The average molecular weight is 529 g/mol. The van der Waals surface area contributed by atoms with Crippen LogP contribution >= 0.6 is 0 Å². The van der Waals surface area contributed by atoms with Crippen molar-refractivity contribution in [1.29, 1.82) is 0 Å². The standard InChI is InChI=1S/C27H36N4O7/c1-3-10-31(38-11-4-2)24(33)15-30-14-20(18-12-19(16-32)26-22(13-18)36-17-37-26)25(27(34)35)21(30)6-7-23-28-8-5-9-29-23/h5,8-9,12-13,20-21,25,32H,3-4,6-7,10-11,14-17H2,1-2H3,(H,34,35)/t20-,21+,25-/m1/s1. The summed E-state index contributed by atoms with van der Waals surface area (Å²) in [7, 11) is 0. The molecule has 0 unspecified atom stereocenters. The summed E-state index contributed by atoms with van der Waals surface area (Å²) in [5.74, 6) is -0.785. The van der Waals surface area contributed by atoms with Crippen LogP contribution in [0.15, 0.2) is 30.6 Å². The average Bonchev–Trinajstić information content (AvgIpc) is 3.54. The molecule has 1 aromatic heterocycles. The van der Waals surface area contributed by atoms with Gasteiger partial charge >= 0.3 is 5.97 Å². The Labute approximate surface area is 222 Å². The maximum absolute atomic E-state index is 13.3. The Balaban J connectivity index is 1.64. The number of fused-ring (bicyclic) bond motifs is 1. The lowest BCUT2D eigenvalue weighted by molar-refractivity contribution is -0.188. The van der Waals surface area contributed by atoms with Gasteiger partial charge in [0.25, 0.3) is 5.91 Å². The second kappa shape index (κ2) is 13.0. The van der Waals surface area contributed by atoms with E-state index in [0.717, 1.165) is 18.4 Å². The molecule has 0 saturated carbocycles. The molecule has 2 aromatic rings. The minimum atomic E-state index is -0.945. The van der Waals surface area contributed by atoms with Crippen LogP contribution in [0.1, 0.15) is 56.0 Å². The SMILES string of the molecule is CCCON(CCC)C(=O)CN1C[C@H](c2cc(CO)c3c(c2)OCO3)[C@@H](C(=O)O)[C@@H]1CCc1ncccn1. The first kappa shape index (κ1) is 27.7. The van der Waals surface area contributed by atoms with Gasteiger partial charge in [0.15, 0.2) is 11.5 Å². The van der Waals surface area contributed by atoms with Crippen molar-refractivity contribution in [2.45, 2.75) is 58.1 Å². The molecule has 0 aliphatic carbocycles. The Bertz CT molecular complexity index is 1100. The molecule has 38 heavy (non-hydrogen) atoms. The Hall–Kier alpha value is -3.28. The number of carbonyl (C=O) groups excluding carboxylic acids is 1. The zero-order valence-corrected chi connectivity index (χ0v) is 21.9. The van der Waals surface area contributed by atoms with Gasteiger partial charge in [-0.15, -0.1) is 0 Å². The van der Waals surface area contributed by atoms with E-state index in [1.54, 1.807) is 30.6 Å². The lowest BCUT2D eigenvalue weighted by atomic mass is 9.83. The van der Waals surface area contributed by atoms with E-state index in [9.17, 15) is 19.8 Å². The van der Waals surface area contributed by atoms with Crippen molar-refractivity contribution in [3.63, 3.8) is 0 Å². The molecule has 2 N–H and O–H groups in total. The van der Waals surface area contributed by atoms with Gasteiger partial charge in [-0.1, -0.05) is 13.8 Å². The summed E-state index contributed by atoms with van der Waals surface area (Å²) in [5, 5.41) is 21.7. The molecule has 0 bridgehead atoms. The number of aliphatic hydroxyl groups is 1. The van der Waals surface area contributed by atoms with E-state index >= 15 is 0 Å². The minimum absolute atomic E-state index is 0.0295. The fourth-order valence-electron chi connectivity index (χ4n) is 5.28. The summed E-state index contributed by atoms with van der Waals surface area (Å²) in [5.41, 5.74) is 1.28. The number of carboxylic acids is 1. The van der Waals surface area contributed by atoms with Crippen molar-refractivity contribution in [3.05, 3.63) is 47.5 Å². The maximum Gasteiger partial charge on any atom is 0.308 e. The van der Waals surface area contributed by atoms with Crippen LogP contribution in [0.2, 0.25) is 0 Å². The van der Waals surface area contributed by atoms with Crippen molar-refractivity contribution in [2.75, 3.05) is 33.0 Å². The van der Waals surface area contributed by atoms with Crippen molar-refractivity contribution in [2.24, 2.45) is 5.92 Å². The number of amides is 1. The molecule has 2 aliphatic heterocycles. The molecule has 4 rings (SSSR count). The summed E-state index contributed by atoms with van der Waals surface area (Å²) >= 11 is 0. The van der Waals surface area contributed by atoms with Crippen LogP contribution in [0.5, 0.6) is 11.5 Å². The highest BCUT2D eigenvalue weighted by atomic mass is 16.7. The number of benzene rings is 1. The van der Waals surface area contributed by atoms with E-state index in [0.29, 0.717) is 55.4 Å². The van der Waals surface area contributed by atoms with Crippen LogP contribution in [0.3, 0.4) is 0 Å². The molecule has 1 fully saturated rings. The van der Waals surface area contributed by atoms with Crippen LogP contribution < -0.4 is 9.47 Å². The molecular weight excluding hydrogens is 492 g/mol. The van der Waals surface area contributed by atoms with Gasteiger partial charge in [-0.2, -0.15) is 0 Å². The van der Waals surface area contributed by atoms with Crippen LogP contribution in [0, 0.1) is 5.92 Å². The van der Waals surface area contributed by atoms with Gasteiger partial charge in [-0.05, 0) is 43.0 Å². The number of carbonyl (C=O) groups is 2. The summed E-state index contributed by atoms with van der Waals surface area (Å²) in [4.78, 5) is 42.2. The zero-order valence-electron chi connectivity index (χ0n) is 21.9. The van der Waals surface area contributed by atoms with E-state index < -0.39 is 23.8 Å². The van der Waals surface area contributed by atoms with E-state index in [2.05, 4.69) is 9.97 Å². The number of aliphatic carboxylic acids is 1. The number of ether oxygens (including phenoxy) is 2. The molecule has 11 nitrogen and oxygen atoms in total. The third-order valence-corrected chi connectivity index (χ3v) is 6.98. The Morgan fingerprint density at radius 1 is 1.18 bits per heavy atom. The summed E-state index contributed by atoms with van der Waals surface area (Å²) in [6.07, 6.45) is 5.77. The molecule has 3 heterocycles. The number of aryl methyl sites for hydroxylation is 1. The van der Waals surface area contributed by atoms with Crippen molar-refractivity contribution >= 4 is 11.9 Å². The normalized spacial score (nSPS) is 20.6. The van der Waals surface area contributed by atoms with Crippen LogP contribution in [0.4, 0.5) is 0 Å². The van der Waals surface area contributed by atoms with Gasteiger partial charge in [-0.25, -0.2) is 15.0 Å². The van der Waals surface area contributed by atoms with E-state index in [-0.39, 0.29) is 25.9 Å². The highest BCUT2D eigenvalue weighted by Crippen LogP contribution is 2.44. The number of aliphatic hydroxyl groups excluding tert-OH is 1. The van der Waals surface area contributed by atoms with Gasteiger partial charge in [0.1, 0.15) is 5.82 Å². The van der Waals surface area contributed by atoms with Gasteiger partial charge in [0.2, 0.25) is 6.79 Å². The molecular formula is C27H36N4O7. The number of rotatable bonds is 13. The molecule has 2 aliphatic rings. The number of nitrogens with zero attached hydrogens (tertiary/aromatic N) is 4. The monoisotopic (exact) mass is 528 g/mol. The van der Waals surface area contributed by atoms with Gasteiger partial charge in [0.05, 0.1) is 25.7 Å². The van der Waals surface area contributed by atoms with E-state index in [4.69, 9.17) is 14.3 Å². The summed E-state index contributed by atoms with van der Waals surface area (Å²) in [6, 6.07) is 4.86. The zero-order chi connectivity index (χ0) is 27.1. The highest BCUT2D eigenvalue weighted by molar-refractivity contribution is 5.78. The van der Waals surface area contributed by atoms with Crippen LogP contribution in [-0.4, -0.2) is 81.1 Å². The number of hydroxylamine groups is 2. The predicted octanol–water partition coefficient (Wildman–Crippen LogP) is 2.38. The Kier molecular flexibility index (Phi) is 9.48. The Morgan fingerprint density at radius 3 is 2.66 bits per heavy atom. The lowest BCUT2D eigenvalue weighted by Crippen LogP contribution is -2.44. The molecule has 1 saturated heterocycles. The van der Waals surface area contributed by atoms with Crippen molar-refractivity contribution in [3.8, 4) is 11.5 Å².